The first-order valence-corrected chi connectivity index (χ1v) is 3.95. The number of hydrogen-bond donors (Lipinski definition) is 3. The van der Waals surface area contributed by atoms with Crippen LogP contribution in [0.1, 0.15) is 5.56 Å². The predicted molar refractivity (Wildman–Crippen MR) is 54.8 cm³/mol. The van der Waals surface area contributed by atoms with Crippen molar-refractivity contribution >= 4 is 11.4 Å². The number of aryl methyl sites for hydroxylation is 1. The highest BCUT2D eigenvalue weighted by Crippen LogP contribution is 2.16. The molecular formula is C9H16N2O2. The summed E-state index contributed by atoms with van der Waals surface area (Å²) in [6.07, 6.45) is 0. The minimum Gasteiger partial charge on any atom is -0.412 e. The molecule has 0 amide bonds. The zero-order valence-electron chi connectivity index (χ0n) is 7.67. The van der Waals surface area contributed by atoms with Gasteiger partial charge in [-0.2, -0.15) is 0 Å². The number of benzene rings is 1. The average molecular weight is 184 g/mol. The van der Waals surface area contributed by atoms with Crippen LogP contribution < -0.4 is 11.1 Å². The quantitative estimate of drug-likeness (QED) is 0.584. The van der Waals surface area contributed by atoms with E-state index >= 15 is 0 Å². The van der Waals surface area contributed by atoms with Crippen molar-refractivity contribution in [3.63, 3.8) is 0 Å². The zero-order chi connectivity index (χ0) is 8.97. The summed E-state index contributed by atoms with van der Waals surface area (Å²) in [5, 5.41) is 11.7. The Kier molecular flexibility index (Phi) is 4.87. The molecule has 0 aliphatic rings. The van der Waals surface area contributed by atoms with Gasteiger partial charge >= 0.3 is 0 Å². The molecule has 0 unspecified atom stereocenters. The third-order valence-electron chi connectivity index (χ3n) is 1.68. The van der Waals surface area contributed by atoms with Gasteiger partial charge in [0.2, 0.25) is 0 Å². The van der Waals surface area contributed by atoms with Gasteiger partial charge in [-0.05, 0) is 30.7 Å². The number of nitrogens with two attached hydrogens (primary N) is 1. The van der Waals surface area contributed by atoms with Gasteiger partial charge in [0.25, 0.3) is 0 Å². The molecule has 6 N–H and O–H groups in total. The van der Waals surface area contributed by atoms with E-state index in [4.69, 9.17) is 10.8 Å². The first-order chi connectivity index (χ1) is 5.74. The molecule has 0 fully saturated rings. The Labute approximate surface area is 77.7 Å². The molecule has 4 nitrogen and oxygen atoms in total. The summed E-state index contributed by atoms with van der Waals surface area (Å²) in [6.45, 7) is 2.70. The molecule has 0 atom stereocenters. The van der Waals surface area contributed by atoms with E-state index in [1.807, 2.05) is 25.1 Å². The van der Waals surface area contributed by atoms with Gasteiger partial charge in [0.05, 0.1) is 6.61 Å². The minimum absolute atomic E-state index is 0. The van der Waals surface area contributed by atoms with Crippen molar-refractivity contribution in [1.82, 2.24) is 0 Å². The monoisotopic (exact) mass is 184 g/mol. The number of aliphatic hydroxyl groups excluding tert-OH is 1. The van der Waals surface area contributed by atoms with Crippen molar-refractivity contribution in [2.45, 2.75) is 6.92 Å². The molecule has 0 saturated heterocycles. The van der Waals surface area contributed by atoms with Crippen molar-refractivity contribution in [2.75, 3.05) is 24.2 Å². The summed E-state index contributed by atoms with van der Waals surface area (Å²) in [6, 6.07) is 5.66. The van der Waals surface area contributed by atoms with Gasteiger partial charge in [0.15, 0.2) is 0 Å². The Balaban J connectivity index is 0.00000144. The second kappa shape index (κ2) is 5.40. The fourth-order valence-corrected chi connectivity index (χ4v) is 1.08. The van der Waals surface area contributed by atoms with Crippen LogP contribution >= 0.6 is 0 Å². The van der Waals surface area contributed by atoms with E-state index in [0.29, 0.717) is 6.54 Å². The van der Waals surface area contributed by atoms with Crippen molar-refractivity contribution in [2.24, 2.45) is 0 Å². The fourth-order valence-electron chi connectivity index (χ4n) is 1.08. The molecule has 0 aliphatic heterocycles. The van der Waals surface area contributed by atoms with E-state index in [0.717, 1.165) is 16.9 Å². The largest absolute Gasteiger partial charge is 0.412 e. The summed E-state index contributed by atoms with van der Waals surface area (Å²) >= 11 is 0. The lowest BCUT2D eigenvalue weighted by atomic mass is 10.2. The Morgan fingerprint density at radius 2 is 2.15 bits per heavy atom. The molecule has 0 spiro atoms. The molecule has 0 aliphatic carbocycles. The topological polar surface area (TPSA) is 89.8 Å². The average Bonchev–Trinajstić information content (AvgIpc) is 2.03. The summed E-state index contributed by atoms with van der Waals surface area (Å²) in [5.74, 6) is 0. The van der Waals surface area contributed by atoms with Gasteiger partial charge in [-0.25, -0.2) is 0 Å². The van der Waals surface area contributed by atoms with Crippen LogP contribution in [0.3, 0.4) is 0 Å². The molecule has 13 heavy (non-hydrogen) atoms. The maximum absolute atomic E-state index is 8.59. The maximum atomic E-state index is 8.59. The SMILES string of the molecule is Cc1cc(N)ccc1NCCO.O. The van der Waals surface area contributed by atoms with Crippen LogP contribution in [0, 0.1) is 6.92 Å². The Morgan fingerprint density at radius 1 is 1.46 bits per heavy atom. The highest BCUT2D eigenvalue weighted by atomic mass is 16.3. The van der Waals surface area contributed by atoms with E-state index < -0.39 is 0 Å². The summed E-state index contributed by atoms with van der Waals surface area (Å²) in [7, 11) is 0. The molecule has 4 heteroatoms. The number of aliphatic hydroxyl groups is 1. The van der Waals surface area contributed by atoms with Gasteiger partial charge < -0.3 is 21.6 Å². The minimum atomic E-state index is 0. The molecule has 0 aromatic heterocycles. The van der Waals surface area contributed by atoms with Gasteiger partial charge in [-0.15, -0.1) is 0 Å². The lowest BCUT2D eigenvalue weighted by Crippen LogP contribution is -2.06. The fraction of sp³-hybridized carbons (Fsp3) is 0.333. The zero-order valence-corrected chi connectivity index (χ0v) is 7.67. The first kappa shape index (κ1) is 11.7. The van der Waals surface area contributed by atoms with Crippen molar-refractivity contribution < 1.29 is 10.6 Å². The molecule has 1 aromatic rings. The normalized spacial score (nSPS) is 9.08. The Morgan fingerprint density at radius 3 is 2.69 bits per heavy atom. The van der Waals surface area contributed by atoms with E-state index in [2.05, 4.69) is 5.32 Å². The molecule has 0 heterocycles. The van der Waals surface area contributed by atoms with E-state index in [1.165, 1.54) is 0 Å². The third-order valence-corrected chi connectivity index (χ3v) is 1.68. The van der Waals surface area contributed by atoms with Crippen LogP contribution in [-0.2, 0) is 0 Å². The van der Waals surface area contributed by atoms with Crippen molar-refractivity contribution in [1.29, 1.82) is 0 Å². The summed E-state index contributed by atoms with van der Waals surface area (Å²) in [4.78, 5) is 0. The molecule has 1 aromatic carbocycles. The predicted octanol–water partition coefficient (Wildman–Crippen LogP) is 0.157. The van der Waals surface area contributed by atoms with Gasteiger partial charge in [0.1, 0.15) is 0 Å². The van der Waals surface area contributed by atoms with E-state index in [9.17, 15) is 0 Å². The molecule has 74 valence electrons. The standard InChI is InChI=1S/C9H14N2O.H2O/c1-7-6-8(10)2-3-9(7)11-4-5-12;/h2-3,6,11-12H,4-5,10H2,1H3;1H2. The molecule has 0 bridgehead atoms. The third kappa shape index (κ3) is 3.31. The molecular weight excluding hydrogens is 168 g/mol. The van der Waals surface area contributed by atoms with Crippen molar-refractivity contribution in [3.05, 3.63) is 23.8 Å². The first-order valence-electron chi connectivity index (χ1n) is 3.95. The lowest BCUT2D eigenvalue weighted by molar-refractivity contribution is 0.311. The van der Waals surface area contributed by atoms with Gasteiger partial charge in [0, 0.05) is 17.9 Å². The highest BCUT2D eigenvalue weighted by molar-refractivity contribution is 5.57. The lowest BCUT2D eigenvalue weighted by Gasteiger charge is -2.08. The number of hydrogen-bond acceptors (Lipinski definition) is 3. The Bertz CT molecular complexity index is 264. The number of anilines is 2. The highest BCUT2D eigenvalue weighted by Gasteiger charge is 1.95. The summed E-state index contributed by atoms with van der Waals surface area (Å²) < 4.78 is 0. The number of rotatable bonds is 3. The van der Waals surface area contributed by atoms with Crippen LogP contribution in [0.25, 0.3) is 0 Å². The Hall–Kier alpha value is -1.26. The smallest absolute Gasteiger partial charge is 0.0604 e. The van der Waals surface area contributed by atoms with Crippen LogP contribution in [-0.4, -0.2) is 23.7 Å². The molecule has 0 saturated carbocycles. The van der Waals surface area contributed by atoms with E-state index in [1.54, 1.807) is 0 Å². The van der Waals surface area contributed by atoms with Crippen LogP contribution in [0.5, 0.6) is 0 Å². The summed E-state index contributed by atoms with van der Waals surface area (Å²) in [5.41, 5.74) is 8.47. The number of nitrogens with one attached hydrogen (secondary N) is 1. The number of nitrogen functional groups attached to an aromatic ring is 1. The van der Waals surface area contributed by atoms with Crippen LogP contribution in [0.15, 0.2) is 18.2 Å². The second-order valence-electron chi connectivity index (χ2n) is 2.72. The van der Waals surface area contributed by atoms with Crippen molar-refractivity contribution in [3.8, 4) is 0 Å². The van der Waals surface area contributed by atoms with Gasteiger partial charge in [-0.3, -0.25) is 0 Å². The van der Waals surface area contributed by atoms with Crippen LogP contribution in [0.4, 0.5) is 11.4 Å². The second-order valence-corrected chi connectivity index (χ2v) is 2.72. The maximum Gasteiger partial charge on any atom is 0.0604 e. The molecule has 1 rings (SSSR count). The van der Waals surface area contributed by atoms with E-state index in [-0.39, 0.29) is 12.1 Å². The van der Waals surface area contributed by atoms with Gasteiger partial charge in [-0.1, -0.05) is 0 Å². The molecule has 0 radical (unpaired) electrons. The van der Waals surface area contributed by atoms with Crippen LogP contribution in [0.2, 0.25) is 0 Å².